The molecule has 2 rings (SSSR count). The van der Waals surface area contributed by atoms with E-state index in [1.165, 1.54) is 6.42 Å². The number of alkyl halides is 1. The Bertz CT molecular complexity index is 258. The molecule has 0 radical (unpaired) electrons. The van der Waals surface area contributed by atoms with Gasteiger partial charge in [-0.2, -0.15) is 0 Å². The highest BCUT2D eigenvalue weighted by atomic mass is 79.9. The van der Waals surface area contributed by atoms with Crippen LogP contribution in [0.15, 0.2) is 10.6 Å². The van der Waals surface area contributed by atoms with E-state index in [0.717, 1.165) is 22.9 Å². The van der Waals surface area contributed by atoms with Crippen LogP contribution in [0.4, 0.5) is 0 Å². The van der Waals surface area contributed by atoms with Gasteiger partial charge in [-0.05, 0) is 12.3 Å². The fourth-order valence-corrected chi connectivity index (χ4v) is 1.48. The van der Waals surface area contributed by atoms with Gasteiger partial charge < -0.3 is 4.42 Å². The number of aromatic nitrogens is 1. The quantitative estimate of drug-likeness (QED) is 0.710. The lowest BCUT2D eigenvalue weighted by molar-refractivity contribution is 0.466. The first-order valence-electron chi connectivity index (χ1n) is 3.82. The summed E-state index contributed by atoms with van der Waals surface area (Å²) in [4.78, 5) is 4.20. The molecular weight excluding hydrogens is 206 g/mol. The lowest BCUT2D eigenvalue weighted by Gasteiger charge is -1.87. The summed E-state index contributed by atoms with van der Waals surface area (Å²) in [5.41, 5.74) is 0. The molecule has 0 N–H and O–H groups in total. The van der Waals surface area contributed by atoms with Crippen LogP contribution >= 0.6 is 15.9 Å². The molecule has 0 bridgehead atoms. The summed E-state index contributed by atoms with van der Waals surface area (Å²) in [6.45, 7) is 2.22. The molecule has 1 heterocycles. The zero-order chi connectivity index (χ0) is 7.84. The zero-order valence-electron chi connectivity index (χ0n) is 6.38. The van der Waals surface area contributed by atoms with Gasteiger partial charge in [0.1, 0.15) is 5.76 Å². The summed E-state index contributed by atoms with van der Waals surface area (Å²) in [5, 5.41) is 0.765. The Balaban J connectivity index is 2.13. The molecule has 0 aromatic carbocycles. The predicted octanol–water partition coefficient (Wildman–Crippen LogP) is 2.69. The van der Waals surface area contributed by atoms with Crippen LogP contribution in [0.25, 0.3) is 0 Å². The van der Waals surface area contributed by atoms with Gasteiger partial charge in [-0.1, -0.05) is 22.9 Å². The SMILES string of the molecule is C[C@@H]1C[C@H]1c1ncc(CBr)o1. The van der Waals surface area contributed by atoms with E-state index in [0.29, 0.717) is 5.92 Å². The molecule has 2 nitrogen and oxygen atoms in total. The van der Waals surface area contributed by atoms with Gasteiger partial charge >= 0.3 is 0 Å². The maximum atomic E-state index is 5.47. The monoisotopic (exact) mass is 215 g/mol. The van der Waals surface area contributed by atoms with E-state index in [1.54, 1.807) is 6.20 Å². The Morgan fingerprint density at radius 2 is 2.55 bits per heavy atom. The van der Waals surface area contributed by atoms with Gasteiger partial charge in [-0.15, -0.1) is 0 Å². The van der Waals surface area contributed by atoms with Crippen molar-refractivity contribution in [2.45, 2.75) is 24.6 Å². The first-order chi connectivity index (χ1) is 5.31. The normalized spacial score (nSPS) is 28.9. The number of nitrogens with zero attached hydrogens (tertiary/aromatic N) is 1. The fraction of sp³-hybridized carbons (Fsp3) is 0.625. The van der Waals surface area contributed by atoms with Crippen molar-refractivity contribution >= 4 is 15.9 Å². The number of halogens is 1. The summed E-state index contributed by atoms with van der Waals surface area (Å²) in [6.07, 6.45) is 3.04. The summed E-state index contributed by atoms with van der Waals surface area (Å²) >= 11 is 3.32. The topological polar surface area (TPSA) is 26.0 Å². The molecule has 1 saturated carbocycles. The molecule has 0 spiro atoms. The van der Waals surface area contributed by atoms with Gasteiger partial charge in [0.15, 0.2) is 5.89 Å². The van der Waals surface area contributed by atoms with E-state index < -0.39 is 0 Å². The molecular formula is C8H10BrNO. The van der Waals surface area contributed by atoms with E-state index in [9.17, 15) is 0 Å². The van der Waals surface area contributed by atoms with Gasteiger partial charge in [-0.3, -0.25) is 0 Å². The van der Waals surface area contributed by atoms with Crippen LogP contribution in [0.2, 0.25) is 0 Å². The van der Waals surface area contributed by atoms with Crippen molar-refractivity contribution in [2.75, 3.05) is 0 Å². The molecule has 1 aliphatic carbocycles. The third-order valence-electron chi connectivity index (χ3n) is 2.13. The minimum absolute atomic E-state index is 0.600. The molecule has 1 fully saturated rings. The Kier molecular flexibility index (Phi) is 1.75. The zero-order valence-corrected chi connectivity index (χ0v) is 7.97. The first kappa shape index (κ1) is 7.35. The highest BCUT2D eigenvalue weighted by molar-refractivity contribution is 9.08. The maximum absolute atomic E-state index is 5.47. The lowest BCUT2D eigenvalue weighted by Crippen LogP contribution is -1.77. The van der Waals surface area contributed by atoms with Crippen molar-refractivity contribution in [1.82, 2.24) is 4.98 Å². The highest BCUT2D eigenvalue weighted by Gasteiger charge is 2.37. The molecule has 2 atom stereocenters. The van der Waals surface area contributed by atoms with Crippen LogP contribution in [-0.2, 0) is 5.33 Å². The second kappa shape index (κ2) is 2.63. The summed E-state index contributed by atoms with van der Waals surface area (Å²) < 4.78 is 5.47. The van der Waals surface area contributed by atoms with Crippen molar-refractivity contribution in [3.05, 3.63) is 17.8 Å². The molecule has 0 saturated heterocycles. The van der Waals surface area contributed by atoms with Crippen LogP contribution in [0.3, 0.4) is 0 Å². The number of hydrogen-bond donors (Lipinski definition) is 0. The Hall–Kier alpha value is -0.310. The van der Waals surface area contributed by atoms with Gasteiger partial charge in [-0.25, -0.2) is 4.98 Å². The molecule has 1 aromatic heterocycles. The second-order valence-electron chi connectivity index (χ2n) is 3.12. The lowest BCUT2D eigenvalue weighted by atomic mass is 10.3. The van der Waals surface area contributed by atoms with Gasteiger partial charge in [0.25, 0.3) is 0 Å². The van der Waals surface area contributed by atoms with Crippen LogP contribution in [0, 0.1) is 5.92 Å². The molecule has 0 amide bonds. The fourth-order valence-electron chi connectivity index (χ4n) is 1.22. The van der Waals surface area contributed by atoms with Gasteiger partial charge in [0.05, 0.1) is 11.5 Å². The Morgan fingerprint density at radius 3 is 3.00 bits per heavy atom. The smallest absolute Gasteiger partial charge is 0.197 e. The Labute approximate surface area is 74.1 Å². The van der Waals surface area contributed by atoms with E-state index in [1.807, 2.05) is 0 Å². The minimum Gasteiger partial charge on any atom is -0.445 e. The predicted molar refractivity (Wildman–Crippen MR) is 45.7 cm³/mol. The van der Waals surface area contributed by atoms with Crippen LogP contribution in [0.1, 0.15) is 30.9 Å². The maximum Gasteiger partial charge on any atom is 0.197 e. The average molecular weight is 216 g/mol. The Morgan fingerprint density at radius 1 is 1.82 bits per heavy atom. The van der Waals surface area contributed by atoms with E-state index in [2.05, 4.69) is 27.8 Å². The van der Waals surface area contributed by atoms with Crippen molar-refractivity contribution in [3.8, 4) is 0 Å². The largest absolute Gasteiger partial charge is 0.445 e. The van der Waals surface area contributed by atoms with Crippen molar-refractivity contribution in [1.29, 1.82) is 0 Å². The molecule has 60 valence electrons. The standard InChI is InChI=1S/C8H10BrNO/c1-5-2-7(5)8-10-4-6(3-9)11-8/h4-5,7H,2-3H2,1H3/t5-,7-/m1/s1. The van der Waals surface area contributed by atoms with Crippen molar-refractivity contribution in [2.24, 2.45) is 5.92 Å². The second-order valence-corrected chi connectivity index (χ2v) is 3.68. The van der Waals surface area contributed by atoms with Gasteiger partial charge in [0, 0.05) is 5.92 Å². The highest BCUT2D eigenvalue weighted by Crippen LogP contribution is 2.46. The minimum atomic E-state index is 0.600. The third-order valence-corrected chi connectivity index (χ3v) is 2.68. The third kappa shape index (κ3) is 1.34. The average Bonchev–Trinajstić information content (AvgIpc) is 2.59. The molecule has 1 aliphatic rings. The summed E-state index contributed by atoms with van der Waals surface area (Å²) in [5.74, 6) is 3.23. The molecule has 0 aliphatic heterocycles. The first-order valence-corrected chi connectivity index (χ1v) is 4.94. The summed E-state index contributed by atoms with van der Waals surface area (Å²) in [7, 11) is 0. The molecule has 0 unspecified atom stereocenters. The number of hydrogen-bond acceptors (Lipinski definition) is 2. The number of rotatable bonds is 2. The van der Waals surface area contributed by atoms with E-state index >= 15 is 0 Å². The van der Waals surface area contributed by atoms with Crippen LogP contribution in [0.5, 0.6) is 0 Å². The number of oxazole rings is 1. The van der Waals surface area contributed by atoms with E-state index in [4.69, 9.17) is 4.42 Å². The van der Waals surface area contributed by atoms with Gasteiger partial charge in [0.2, 0.25) is 0 Å². The van der Waals surface area contributed by atoms with Crippen molar-refractivity contribution < 1.29 is 4.42 Å². The van der Waals surface area contributed by atoms with Crippen molar-refractivity contribution in [3.63, 3.8) is 0 Å². The molecule has 3 heteroatoms. The molecule has 1 aromatic rings. The van der Waals surface area contributed by atoms with Crippen LogP contribution in [-0.4, -0.2) is 4.98 Å². The molecule has 11 heavy (non-hydrogen) atoms. The van der Waals surface area contributed by atoms with Crippen LogP contribution < -0.4 is 0 Å². The van der Waals surface area contributed by atoms with E-state index in [-0.39, 0.29) is 0 Å². The summed E-state index contributed by atoms with van der Waals surface area (Å²) in [6, 6.07) is 0.